The highest BCUT2D eigenvalue weighted by Gasteiger charge is 2.18. The lowest BCUT2D eigenvalue weighted by molar-refractivity contribution is -0.136. The van der Waals surface area contributed by atoms with E-state index in [4.69, 9.17) is 5.73 Å². The fourth-order valence-corrected chi connectivity index (χ4v) is 1.82. The van der Waals surface area contributed by atoms with Gasteiger partial charge in [0.2, 0.25) is 11.8 Å². The van der Waals surface area contributed by atoms with Crippen molar-refractivity contribution in [3.8, 4) is 0 Å². The second-order valence-electron chi connectivity index (χ2n) is 4.57. The monoisotopic (exact) mass is 248 g/mol. The molecule has 0 radical (unpaired) electrons. The zero-order valence-corrected chi connectivity index (χ0v) is 10.9. The summed E-state index contributed by atoms with van der Waals surface area (Å²) in [6.07, 6.45) is 0.918. The van der Waals surface area contributed by atoms with E-state index in [1.54, 1.807) is 18.9 Å². The van der Waals surface area contributed by atoms with E-state index in [9.17, 15) is 9.59 Å². The number of benzene rings is 1. The molecule has 0 aliphatic heterocycles. The maximum Gasteiger partial charge on any atom is 0.225 e. The van der Waals surface area contributed by atoms with Crippen molar-refractivity contribution in [2.75, 3.05) is 13.6 Å². The van der Waals surface area contributed by atoms with Gasteiger partial charge in [0.05, 0.1) is 0 Å². The fourth-order valence-electron chi connectivity index (χ4n) is 1.82. The molecular weight excluding hydrogens is 228 g/mol. The molecule has 0 unspecified atom stereocenters. The van der Waals surface area contributed by atoms with E-state index in [1.807, 2.05) is 30.3 Å². The van der Waals surface area contributed by atoms with Crippen molar-refractivity contribution in [1.29, 1.82) is 0 Å². The number of nitrogens with two attached hydrogens (primary N) is 1. The Hall–Kier alpha value is -1.84. The Morgan fingerprint density at radius 3 is 2.44 bits per heavy atom. The van der Waals surface area contributed by atoms with Gasteiger partial charge in [0.15, 0.2) is 0 Å². The van der Waals surface area contributed by atoms with Gasteiger partial charge < -0.3 is 10.6 Å². The van der Waals surface area contributed by atoms with Crippen molar-refractivity contribution in [2.45, 2.75) is 19.8 Å². The smallest absolute Gasteiger partial charge is 0.225 e. The number of primary amides is 1. The number of nitrogens with zero attached hydrogens (tertiary/aromatic N) is 1. The maximum absolute atomic E-state index is 11.9. The van der Waals surface area contributed by atoms with Crippen LogP contribution in [0.3, 0.4) is 0 Å². The Morgan fingerprint density at radius 1 is 1.28 bits per heavy atom. The van der Waals surface area contributed by atoms with Crippen molar-refractivity contribution in [1.82, 2.24) is 4.90 Å². The number of hydrogen-bond donors (Lipinski definition) is 1. The van der Waals surface area contributed by atoms with Crippen molar-refractivity contribution >= 4 is 11.8 Å². The molecule has 0 saturated carbocycles. The lowest BCUT2D eigenvalue weighted by Gasteiger charge is -2.20. The van der Waals surface area contributed by atoms with E-state index in [-0.39, 0.29) is 18.2 Å². The van der Waals surface area contributed by atoms with E-state index in [0.29, 0.717) is 6.54 Å². The lowest BCUT2D eigenvalue weighted by Crippen LogP contribution is -2.35. The third-order valence-corrected chi connectivity index (χ3v) is 2.88. The Morgan fingerprint density at radius 2 is 1.89 bits per heavy atom. The summed E-state index contributed by atoms with van der Waals surface area (Å²) < 4.78 is 0. The standard InChI is InChI=1S/C14H20N2O2/c1-11(10-13(15)17)14(18)16(2)9-8-12-6-4-3-5-7-12/h3-7,11H,8-10H2,1-2H3,(H2,15,17)/t11-/m1/s1. The second kappa shape index (κ2) is 6.79. The van der Waals surface area contributed by atoms with Crippen LogP contribution in [0, 0.1) is 5.92 Å². The average Bonchev–Trinajstić information content (AvgIpc) is 2.35. The first kappa shape index (κ1) is 14.2. The van der Waals surface area contributed by atoms with E-state index >= 15 is 0 Å². The molecule has 0 spiro atoms. The van der Waals surface area contributed by atoms with Crippen LogP contribution in [0.4, 0.5) is 0 Å². The number of hydrogen-bond acceptors (Lipinski definition) is 2. The molecule has 0 bridgehead atoms. The molecule has 98 valence electrons. The van der Waals surface area contributed by atoms with Gasteiger partial charge in [-0.1, -0.05) is 37.3 Å². The Bertz CT molecular complexity index is 404. The molecular formula is C14H20N2O2. The lowest BCUT2D eigenvalue weighted by atomic mass is 10.1. The minimum Gasteiger partial charge on any atom is -0.370 e. The van der Waals surface area contributed by atoms with Crippen molar-refractivity contribution in [3.63, 3.8) is 0 Å². The minimum absolute atomic E-state index is 0.0373. The van der Waals surface area contributed by atoms with Gasteiger partial charge in [-0.3, -0.25) is 9.59 Å². The summed E-state index contributed by atoms with van der Waals surface area (Å²) in [5.74, 6) is -0.819. The van der Waals surface area contributed by atoms with Crippen LogP contribution in [-0.4, -0.2) is 30.3 Å². The molecule has 1 atom stereocenters. The Balaban J connectivity index is 2.43. The molecule has 0 saturated heterocycles. The summed E-state index contributed by atoms with van der Waals surface area (Å²) in [4.78, 5) is 24.3. The van der Waals surface area contributed by atoms with Gasteiger partial charge in [-0.05, 0) is 12.0 Å². The summed E-state index contributed by atoms with van der Waals surface area (Å²) in [6, 6.07) is 9.99. The van der Waals surface area contributed by atoms with Crippen molar-refractivity contribution in [3.05, 3.63) is 35.9 Å². The molecule has 2 amide bonds. The van der Waals surface area contributed by atoms with Crippen LogP contribution in [0.25, 0.3) is 0 Å². The molecule has 1 rings (SSSR count). The summed E-state index contributed by atoms with van der Waals surface area (Å²) in [6.45, 7) is 2.37. The zero-order valence-electron chi connectivity index (χ0n) is 10.9. The minimum atomic E-state index is -0.438. The van der Waals surface area contributed by atoms with Gasteiger partial charge in [0, 0.05) is 25.9 Å². The number of rotatable bonds is 6. The van der Waals surface area contributed by atoms with Crippen LogP contribution in [0.15, 0.2) is 30.3 Å². The molecule has 0 fully saturated rings. The van der Waals surface area contributed by atoms with E-state index < -0.39 is 5.91 Å². The third kappa shape index (κ3) is 4.57. The molecule has 4 heteroatoms. The molecule has 18 heavy (non-hydrogen) atoms. The maximum atomic E-state index is 11.9. The normalized spacial score (nSPS) is 11.9. The molecule has 1 aromatic rings. The third-order valence-electron chi connectivity index (χ3n) is 2.88. The molecule has 4 nitrogen and oxygen atoms in total. The largest absolute Gasteiger partial charge is 0.370 e. The van der Waals surface area contributed by atoms with Gasteiger partial charge in [-0.15, -0.1) is 0 Å². The highest BCUT2D eigenvalue weighted by molar-refractivity contribution is 5.84. The molecule has 0 heterocycles. The Kier molecular flexibility index (Phi) is 5.36. The first-order chi connectivity index (χ1) is 8.50. The number of likely N-dealkylation sites (N-methyl/N-ethyl adjacent to an activating group) is 1. The summed E-state index contributed by atoms with van der Waals surface area (Å²) in [7, 11) is 1.75. The topological polar surface area (TPSA) is 63.4 Å². The molecule has 1 aromatic carbocycles. The highest BCUT2D eigenvalue weighted by Crippen LogP contribution is 2.07. The van der Waals surface area contributed by atoms with Crippen molar-refractivity contribution < 1.29 is 9.59 Å². The Labute approximate surface area is 108 Å². The first-order valence-corrected chi connectivity index (χ1v) is 6.08. The quantitative estimate of drug-likeness (QED) is 0.822. The first-order valence-electron chi connectivity index (χ1n) is 6.08. The van der Waals surface area contributed by atoms with Crippen LogP contribution < -0.4 is 5.73 Å². The number of carbonyl (C=O) groups excluding carboxylic acids is 2. The molecule has 0 aliphatic rings. The van der Waals surface area contributed by atoms with Gasteiger partial charge in [-0.25, -0.2) is 0 Å². The van der Waals surface area contributed by atoms with Gasteiger partial charge in [-0.2, -0.15) is 0 Å². The van der Waals surface area contributed by atoms with Gasteiger partial charge in [0.25, 0.3) is 0 Å². The van der Waals surface area contributed by atoms with E-state index in [1.165, 1.54) is 5.56 Å². The van der Waals surface area contributed by atoms with Crippen molar-refractivity contribution in [2.24, 2.45) is 11.7 Å². The predicted octanol–water partition coefficient (Wildman–Crippen LogP) is 1.20. The van der Waals surface area contributed by atoms with Crippen LogP contribution in [0.5, 0.6) is 0 Å². The fraction of sp³-hybridized carbons (Fsp3) is 0.429. The van der Waals surface area contributed by atoms with Gasteiger partial charge >= 0.3 is 0 Å². The predicted molar refractivity (Wildman–Crippen MR) is 70.8 cm³/mol. The van der Waals surface area contributed by atoms with E-state index in [0.717, 1.165) is 6.42 Å². The summed E-state index contributed by atoms with van der Waals surface area (Å²) in [5, 5.41) is 0. The highest BCUT2D eigenvalue weighted by atomic mass is 16.2. The summed E-state index contributed by atoms with van der Waals surface area (Å²) >= 11 is 0. The number of amides is 2. The molecule has 0 aromatic heterocycles. The molecule has 0 aliphatic carbocycles. The van der Waals surface area contributed by atoms with Crippen LogP contribution in [0.1, 0.15) is 18.9 Å². The number of carbonyl (C=O) groups is 2. The zero-order chi connectivity index (χ0) is 13.5. The molecule has 2 N–H and O–H groups in total. The van der Waals surface area contributed by atoms with E-state index in [2.05, 4.69) is 0 Å². The van der Waals surface area contributed by atoms with Crippen LogP contribution >= 0.6 is 0 Å². The van der Waals surface area contributed by atoms with Crippen LogP contribution in [0.2, 0.25) is 0 Å². The second-order valence-corrected chi connectivity index (χ2v) is 4.57. The van der Waals surface area contributed by atoms with Gasteiger partial charge in [0.1, 0.15) is 0 Å². The summed E-state index contributed by atoms with van der Waals surface area (Å²) in [5.41, 5.74) is 6.28. The SMILES string of the molecule is C[C@H](CC(N)=O)C(=O)N(C)CCc1ccccc1. The average molecular weight is 248 g/mol. The van der Waals surface area contributed by atoms with Crippen LogP contribution in [-0.2, 0) is 16.0 Å².